The number of thiophene rings is 1. The second-order valence-corrected chi connectivity index (χ2v) is 11.2. The monoisotopic (exact) mass is 586 g/mol. The molecule has 3 heterocycles. The Hall–Kier alpha value is -3.82. The number of nitrogens with one attached hydrogen (secondary N) is 2. The molecule has 3 amide bonds. The summed E-state index contributed by atoms with van der Waals surface area (Å²) >= 11 is 4.83. The third-order valence-electron chi connectivity index (χ3n) is 6.60. The zero-order valence-electron chi connectivity index (χ0n) is 20.2. The number of halogens is 1. The lowest BCUT2D eigenvalue weighted by molar-refractivity contribution is 0.0952. The van der Waals surface area contributed by atoms with Crippen LogP contribution in [-0.2, 0) is 6.42 Å². The molecule has 1 fully saturated rings. The number of rotatable bonds is 5. The van der Waals surface area contributed by atoms with Gasteiger partial charge < -0.3 is 15.5 Å². The number of hydrogen-bond donors (Lipinski definition) is 2. The average molecular weight is 587 g/mol. The molecule has 0 bridgehead atoms. The van der Waals surface area contributed by atoms with Gasteiger partial charge in [0, 0.05) is 44.9 Å². The van der Waals surface area contributed by atoms with Crippen LogP contribution in [0.4, 0.5) is 11.4 Å². The van der Waals surface area contributed by atoms with E-state index in [1.54, 1.807) is 47.5 Å². The fraction of sp³-hybridized carbons (Fsp3) is 0.172. The van der Waals surface area contributed by atoms with Crippen LogP contribution in [0.3, 0.4) is 0 Å². The largest absolute Gasteiger partial charge is 0.349 e. The van der Waals surface area contributed by atoms with Crippen LogP contribution in [0.25, 0.3) is 10.4 Å². The second-order valence-electron chi connectivity index (χ2n) is 9.30. The van der Waals surface area contributed by atoms with E-state index in [1.165, 1.54) is 11.3 Å². The first kappa shape index (κ1) is 24.5. The van der Waals surface area contributed by atoms with Gasteiger partial charge in [-0.3, -0.25) is 14.4 Å². The summed E-state index contributed by atoms with van der Waals surface area (Å²) in [5, 5.41) is 5.89. The van der Waals surface area contributed by atoms with Crippen molar-refractivity contribution in [3.8, 4) is 10.4 Å². The van der Waals surface area contributed by atoms with E-state index in [4.69, 9.17) is 0 Å². The SMILES string of the molecule is O=C(NC1CC1)c1cc2c(s1)-c1ccccc1N(C(=O)c1ccc(NC(=O)c3ncccc3Br)cc1)CC2. The summed E-state index contributed by atoms with van der Waals surface area (Å²) in [5.74, 6) is -0.474. The molecule has 0 spiro atoms. The lowest BCUT2D eigenvalue weighted by Gasteiger charge is -2.23. The minimum absolute atomic E-state index is 0.0152. The maximum Gasteiger partial charge on any atom is 0.275 e. The number of carbonyl (C=O) groups is 3. The Bertz CT molecular complexity index is 1560. The van der Waals surface area contributed by atoms with Crippen molar-refractivity contribution in [1.82, 2.24) is 10.3 Å². The topological polar surface area (TPSA) is 91.4 Å². The molecule has 4 aromatic rings. The van der Waals surface area contributed by atoms with Gasteiger partial charge in [0.05, 0.1) is 10.6 Å². The van der Waals surface area contributed by atoms with Gasteiger partial charge >= 0.3 is 0 Å². The van der Waals surface area contributed by atoms with Crippen LogP contribution in [0.2, 0.25) is 0 Å². The van der Waals surface area contributed by atoms with Crippen molar-refractivity contribution in [1.29, 1.82) is 0 Å². The van der Waals surface area contributed by atoms with Gasteiger partial charge in [-0.25, -0.2) is 4.98 Å². The number of hydrogen-bond acceptors (Lipinski definition) is 5. The summed E-state index contributed by atoms with van der Waals surface area (Å²) in [5.41, 5.74) is 4.23. The van der Waals surface area contributed by atoms with E-state index in [0.29, 0.717) is 39.6 Å². The van der Waals surface area contributed by atoms with Crippen LogP contribution in [0, 0.1) is 0 Å². The number of benzene rings is 2. The van der Waals surface area contributed by atoms with E-state index in [2.05, 4.69) is 31.5 Å². The molecule has 6 rings (SSSR count). The number of nitrogens with zero attached hydrogens (tertiary/aromatic N) is 2. The van der Waals surface area contributed by atoms with Gasteiger partial charge in [-0.15, -0.1) is 11.3 Å². The molecule has 2 aromatic carbocycles. The van der Waals surface area contributed by atoms with Gasteiger partial charge in [-0.05, 0) is 89.3 Å². The van der Waals surface area contributed by atoms with Crippen molar-refractivity contribution in [3.05, 3.63) is 99.1 Å². The van der Waals surface area contributed by atoms with Crippen molar-refractivity contribution in [2.24, 2.45) is 0 Å². The Kier molecular flexibility index (Phi) is 6.55. The van der Waals surface area contributed by atoms with Gasteiger partial charge in [-0.2, -0.15) is 0 Å². The van der Waals surface area contributed by atoms with Gasteiger partial charge in [-0.1, -0.05) is 18.2 Å². The maximum atomic E-state index is 13.7. The van der Waals surface area contributed by atoms with Crippen molar-refractivity contribution >= 4 is 56.4 Å². The van der Waals surface area contributed by atoms with Crippen LogP contribution >= 0.6 is 27.3 Å². The number of aromatic nitrogens is 1. The number of anilines is 2. The van der Waals surface area contributed by atoms with Crippen LogP contribution < -0.4 is 15.5 Å². The highest BCUT2D eigenvalue weighted by atomic mass is 79.9. The maximum absolute atomic E-state index is 13.7. The van der Waals surface area contributed by atoms with E-state index >= 15 is 0 Å². The van der Waals surface area contributed by atoms with Crippen molar-refractivity contribution in [2.45, 2.75) is 25.3 Å². The third-order valence-corrected chi connectivity index (χ3v) is 8.45. The Labute approximate surface area is 232 Å². The molecule has 2 aliphatic rings. The Morgan fingerprint density at radius 2 is 1.76 bits per heavy atom. The molecule has 190 valence electrons. The third kappa shape index (κ3) is 4.87. The Morgan fingerprint density at radius 1 is 0.974 bits per heavy atom. The summed E-state index contributed by atoms with van der Waals surface area (Å²) < 4.78 is 0.605. The summed E-state index contributed by atoms with van der Waals surface area (Å²) in [7, 11) is 0. The van der Waals surface area contributed by atoms with Crippen LogP contribution in [0.5, 0.6) is 0 Å². The van der Waals surface area contributed by atoms with E-state index in [9.17, 15) is 14.4 Å². The van der Waals surface area contributed by atoms with Gasteiger partial charge in [0.2, 0.25) is 0 Å². The zero-order chi connectivity index (χ0) is 26.2. The van der Waals surface area contributed by atoms with E-state index in [1.807, 2.05) is 30.3 Å². The lowest BCUT2D eigenvalue weighted by Crippen LogP contribution is -2.32. The van der Waals surface area contributed by atoms with Crippen LogP contribution in [-0.4, -0.2) is 35.3 Å². The van der Waals surface area contributed by atoms with Gasteiger partial charge in [0.15, 0.2) is 0 Å². The first-order chi connectivity index (χ1) is 18.5. The summed E-state index contributed by atoms with van der Waals surface area (Å²) in [6, 6.07) is 20.5. The Balaban J connectivity index is 1.23. The number of pyridine rings is 1. The van der Waals surface area contributed by atoms with E-state index in [-0.39, 0.29) is 23.4 Å². The van der Waals surface area contributed by atoms with Gasteiger partial charge in [0.1, 0.15) is 5.69 Å². The first-order valence-electron chi connectivity index (χ1n) is 12.3. The number of amides is 3. The first-order valence-corrected chi connectivity index (χ1v) is 14.0. The quantitative estimate of drug-likeness (QED) is 0.303. The predicted octanol–water partition coefficient (Wildman–Crippen LogP) is 5.92. The van der Waals surface area contributed by atoms with Crippen LogP contribution in [0.15, 0.2) is 77.4 Å². The number of carbonyl (C=O) groups excluding carboxylic acids is 3. The summed E-state index contributed by atoms with van der Waals surface area (Å²) in [6.07, 6.45) is 4.30. The highest BCUT2D eigenvalue weighted by Gasteiger charge is 2.29. The minimum Gasteiger partial charge on any atom is -0.349 e. The molecular weight excluding hydrogens is 564 g/mol. The van der Waals surface area contributed by atoms with Crippen LogP contribution in [0.1, 0.15) is 48.9 Å². The van der Waals surface area contributed by atoms with E-state index in [0.717, 1.165) is 34.5 Å². The molecule has 1 aliphatic carbocycles. The zero-order valence-corrected chi connectivity index (χ0v) is 22.6. The molecule has 0 saturated heterocycles. The normalized spacial score (nSPS) is 14.2. The molecule has 0 unspecified atom stereocenters. The lowest BCUT2D eigenvalue weighted by atomic mass is 10.1. The molecular formula is C29H23BrN4O3S. The molecule has 9 heteroatoms. The number of para-hydroxylation sites is 1. The molecule has 0 atom stereocenters. The second kappa shape index (κ2) is 10.2. The molecule has 38 heavy (non-hydrogen) atoms. The fourth-order valence-corrected chi connectivity index (χ4v) is 6.08. The van der Waals surface area contributed by atoms with Crippen molar-refractivity contribution < 1.29 is 14.4 Å². The average Bonchev–Trinajstić information content (AvgIpc) is 3.67. The summed E-state index contributed by atoms with van der Waals surface area (Å²) in [4.78, 5) is 46.6. The molecule has 2 aromatic heterocycles. The molecule has 1 aliphatic heterocycles. The molecule has 7 nitrogen and oxygen atoms in total. The smallest absolute Gasteiger partial charge is 0.275 e. The van der Waals surface area contributed by atoms with Gasteiger partial charge in [0.25, 0.3) is 17.7 Å². The predicted molar refractivity (Wildman–Crippen MR) is 152 cm³/mol. The van der Waals surface area contributed by atoms with Crippen molar-refractivity contribution in [2.75, 3.05) is 16.8 Å². The highest BCUT2D eigenvalue weighted by molar-refractivity contribution is 9.10. The summed E-state index contributed by atoms with van der Waals surface area (Å²) in [6.45, 7) is 0.495. The standard InChI is InChI=1S/C29H23BrN4O3S/c30-22-5-3-14-31-25(22)28(36)33-19-9-7-17(8-10-19)29(37)34-15-13-18-16-24(27(35)32-20-11-12-20)38-26(18)21-4-1-2-6-23(21)34/h1-10,14,16,20H,11-13,15H2,(H,32,35)(H,33,36). The van der Waals surface area contributed by atoms with E-state index < -0.39 is 0 Å². The minimum atomic E-state index is -0.339. The van der Waals surface area contributed by atoms with Crippen molar-refractivity contribution in [3.63, 3.8) is 0 Å². The number of fused-ring (bicyclic) bond motifs is 3. The Morgan fingerprint density at radius 3 is 2.53 bits per heavy atom. The highest BCUT2D eigenvalue weighted by Crippen LogP contribution is 2.42. The molecule has 1 saturated carbocycles. The fourth-order valence-electron chi connectivity index (χ4n) is 4.50. The molecule has 0 radical (unpaired) electrons. The molecule has 2 N–H and O–H groups in total.